The molecule has 4 aromatic rings. The second kappa shape index (κ2) is 19.6. The predicted molar refractivity (Wildman–Crippen MR) is 226 cm³/mol. The van der Waals surface area contributed by atoms with E-state index in [0.717, 1.165) is 22.3 Å². The lowest BCUT2D eigenvalue weighted by Gasteiger charge is -2.53. The van der Waals surface area contributed by atoms with Crippen molar-refractivity contribution in [3.8, 4) is 0 Å². The van der Waals surface area contributed by atoms with Gasteiger partial charge in [0.15, 0.2) is 12.6 Å². The Bertz CT molecular complexity index is 1820. The summed E-state index contributed by atoms with van der Waals surface area (Å²) < 4.78 is 67.4. The molecule has 0 unspecified atom stereocenters. The van der Waals surface area contributed by atoms with Gasteiger partial charge in [0.05, 0.1) is 39.6 Å². The third-order valence-corrected chi connectivity index (χ3v) is 16.5. The molecular weight excluding hydrogens is 765 g/mol. The first kappa shape index (κ1) is 43.8. The number of benzene rings is 4. The highest BCUT2D eigenvalue weighted by Gasteiger charge is 2.65. The number of rotatable bonds is 16. The Kier molecular flexibility index (Phi) is 14.5. The Morgan fingerprint density at radius 1 is 0.508 bits per heavy atom. The van der Waals surface area contributed by atoms with Gasteiger partial charge in [-0.1, -0.05) is 163 Å². The van der Waals surface area contributed by atoms with Gasteiger partial charge in [-0.2, -0.15) is 0 Å². The normalized spacial score (nSPS) is 28.3. The Morgan fingerprint density at radius 3 is 1.37 bits per heavy atom. The molecule has 3 saturated heterocycles. The third-order valence-electron chi connectivity index (χ3n) is 11.4. The number of methoxy groups -OCH3 is 1. The van der Waals surface area contributed by atoms with E-state index in [9.17, 15) is 0 Å². The van der Waals surface area contributed by atoms with Crippen molar-refractivity contribution in [1.82, 2.24) is 0 Å². The minimum atomic E-state index is -2.87. The summed E-state index contributed by atoms with van der Waals surface area (Å²) in [5.74, 6) is 0. The molecule has 0 aliphatic carbocycles. The Labute approximate surface area is 351 Å². The van der Waals surface area contributed by atoms with Gasteiger partial charge >= 0.3 is 8.56 Å². The van der Waals surface area contributed by atoms with Gasteiger partial charge in [0, 0.05) is 17.2 Å². The van der Waals surface area contributed by atoms with Crippen molar-refractivity contribution < 1.29 is 46.7 Å². The SMILES string of the molecule is CO[C@H]1O[C@H](CO[C@H]2O[C@H]3CO[Si](C(C)(C)C)(C(C)(C)C)O[C@@H]3[C@H]2OCc2ccccc2)[C@@H](OCc2ccccc2)[C@H](OCc2ccccc2)[C@H]1OCc1ccccc1. The maximum atomic E-state index is 7.24. The lowest BCUT2D eigenvalue weighted by atomic mass is 9.97. The zero-order valence-corrected chi connectivity index (χ0v) is 36.6. The van der Waals surface area contributed by atoms with E-state index in [1.54, 1.807) is 7.11 Å². The zero-order valence-electron chi connectivity index (χ0n) is 35.6. The molecule has 3 heterocycles. The average molecular weight is 827 g/mol. The smallest absolute Gasteiger partial charge is 0.349 e. The second-order valence-electron chi connectivity index (χ2n) is 17.7. The van der Waals surface area contributed by atoms with E-state index in [-0.39, 0.29) is 22.8 Å². The summed E-state index contributed by atoms with van der Waals surface area (Å²) in [6.45, 7) is 15.1. The molecule has 0 spiro atoms. The maximum absolute atomic E-state index is 7.24. The lowest BCUT2D eigenvalue weighted by Crippen LogP contribution is -2.65. The molecule has 0 bridgehead atoms. The first-order chi connectivity index (χ1) is 28.5. The van der Waals surface area contributed by atoms with Crippen molar-refractivity contribution >= 4 is 8.56 Å². The third kappa shape index (κ3) is 10.4. The van der Waals surface area contributed by atoms with Gasteiger partial charge in [0.25, 0.3) is 0 Å². The van der Waals surface area contributed by atoms with Crippen LogP contribution in [0, 0.1) is 0 Å². The number of fused-ring (bicyclic) bond motifs is 1. The Hall–Kier alpha value is -3.30. The van der Waals surface area contributed by atoms with Crippen LogP contribution in [0.3, 0.4) is 0 Å². The lowest BCUT2D eigenvalue weighted by molar-refractivity contribution is -0.328. The first-order valence-electron chi connectivity index (χ1n) is 20.8. The number of hydrogen-bond acceptors (Lipinski definition) is 10. The van der Waals surface area contributed by atoms with Crippen LogP contribution in [0.15, 0.2) is 121 Å². The molecule has 0 amide bonds. The zero-order chi connectivity index (χ0) is 41.5. The predicted octanol–water partition coefficient (Wildman–Crippen LogP) is 8.90. The second-order valence-corrected chi connectivity index (χ2v) is 22.5. The van der Waals surface area contributed by atoms with Crippen molar-refractivity contribution in [3.63, 3.8) is 0 Å². The molecule has 318 valence electrons. The molecule has 59 heavy (non-hydrogen) atoms. The molecule has 11 heteroatoms. The van der Waals surface area contributed by atoms with Crippen LogP contribution in [0.4, 0.5) is 0 Å². The molecule has 0 N–H and O–H groups in total. The fourth-order valence-corrected chi connectivity index (χ4v) is 13.6. The molecule has 4 aromatic carbocycles. The summed E-state index contributed by atoms with van der Waals surface area (Å²) in [5, 5.41) is -0.442. The minimum Gasteiger partial charge on any atom is -0.391 e. The van der Waals surface area contributed by atoms with Gasteiger partial charge in [0.2, 0.25) is 0 Å². The van der Waals surface area contributed by atoms with E-state index in [1.807, 2.05) is 109 Å². The van der Waals surface area contributed by atoms with Crippen LogP contribution in [0.1, 0.15) is 63.8 Å². The summed E-state index contributed by atoms with van der Waals surface area (Å²) in [4.78, 5) is 0. The standard InChI is InChI=1S/C48H62O10Si/c1-47(2,3)59(48(4,5)6)55-33-39-41(58-59)43(52-30-36-24-16-10-17-25-36)46(57-39)54-32-38-40(50-28-34-20-12-8-13-21-34)42(51-29-35-22-14-9-15-23-35)44(45(49-7)56-38)53-31-37-26-18-11-19-27-37/h8-27,38-46H,28-33H2,1-7H3/t38-,39+,40-,41+,42+,43-,44-,45+,46+/m1/s1. The van der Waals surface area contributed by atoms with Crippen LogP contribution < -0.4 is 0 Å². The topological polar surface area (TPSA) is 92.3 Å². The van der Waals surface area contributed by atoms with Gasteiger partial charge in [-0.25, -0.2) is 0 Å². The van der Waals surface area contributed by atoms with Gasteiger partial charge in [-0.3, -0.25) is 0 Å². The summed E-state index contributed by atoms with van der Waals surface area (Å²) in [6, 6.07) is 40.3. The van der Waals surface area contributed by atoms with E-state index in [4.69, 9.17) is 46.7 Å². The highest BCUT2D eigenvalue weighted by Crippen LogP contribution is 2.55. The van der Waals surface area contributed by atoms with Crippen LogP contribution in [0.5, 0.6) is 0 Å². The van der Waals surface area contributed by atoms with Crippen molar-refractivity contribution in [1.29, 1.82) is 0 Å². The fourth-order valence-electron chi connectivity index (χ4n) is 8.64. The highest BCUT2D eigenvalue weighted by molar-refractivity contribution is 6.73. The van der Waals surface area contributed by atoms with E-state index >= 15 is 0 Å². The van der Waals surface area contributed by atoms with Crippen LogP contribution in [-0.4, -0.2) is 84.2 Å². The van der Waals surface area contributed by atoms with Crippen molar-refractivity contribution in [2.45, 2.75) is 133 Å². The Balaban J connectivity index is 1.17. The summed E-state index contributed by atoms with van der Waals surface area (Å²) in [7, 11) is -1.25. The van der Waals surface area contributed by atoms with E-state index < -0.39 is 57.8 Å². The van der Waals surface area contributed by atoms with Crippen LogP contribution >= 0.6 is 0 Å². The molecule has 3 aliphatic heterocycles. The van der Waals surface area contributed by atoms with E-state index in [2.05, 4.69) is 53.7 Å². The largest absolute Gasteiger partial charge is 0.391 e. The maximum Gasteiger partial charge on any atom is 0.349 e. The quantitative estimate of drug-likeness (QED) is 0.102. The molecule has 0 saturated carbocycles. The molecule has 0 aromatic heterocycles. The molecular formula is C48H62O10Si. The highest BCUT2D eigenvalue weighted by atomic mass is 28.4. The van der Waals surface area contributed by atoms with Crippen LogP contribution in [0.2, 0.25) is 10.1 Å². The molecule has 3 aliphatic rings. The molecule has 9 atom stereocenters. The fraction of sp³-hybridized carbons (Fsp3) is 0.500. The summed E-state index contributed by atoms with van der Waals surface area (Å²) >= 11 is 0. The minimum absolute atomic E-state index is 0.0905. The number of ether oxygens (including phenoxy) is 8. The first-order valence-corrected chi connectivity index (χ1v) is 22.7. The number of hydrogen-bond donors (Lipinski definition) is 0. The van der Waals surface area contributed by atoms with E-state index in [1.165, 1.54) is 0 Å². The van der Waals surface area contributed by atoms with Gasteiger partial charge in [0.1, 0.15) is 42.7 Å². The summed E-state index contributed by atoms with van der Waals surface area (Å²) in [6.07, 6.45) is -5.39. The van der Waals surface area contributed by atoms with Gasteiger partial charge in [-0.15, -0.1) is 0 Å². The monoisotopic (exact) mass is 826 g/mol. The Morgan fingerprint density at radius 2 is 0.932 bits per heavy atom. The summed E-state index contributed by atoms with van der Waals surface area (Å²) in [5.41, 5.74) is 4.11. The van der Waals surface area contributed by atoms with Crippen LogP contribution in [0.25, 0.3) is 0 Å². The van der Waals surface area contributed by atoms with Gasteiger partial charge in [-0.05, 0) is 22.3 Å². The molecule has 3 fully saturated rings. The molecule has 10 nitrogen and oxygen atoms in total. The van der Waals surface area contributed by atoms with E-state index in [0.29, 0.717) is 33.0 Å². The van der Waals surface area contributed by atoms with Gasteiger partial charge < -0.3 is 46.7 Å². The molecule has 0 radical (unpaired) electrons. The van der Waals surface area contributed by atoms with Crippen LogP contribution in [-0.2, 0) is 73.2 Å². The van der Waals surface area contributed by atoms with Crippen molar-refractivity contribution in [2.75, 3.05) is 20.3 Å². The average Bonchev–Trinajstić information content (AvgIpc) is 3.59. The van der Waals surface area contributed by atoms with Crippen molar-refractivity contribution in [3.05, 3.63) is 144 Å². The van der Waals surface area contributed by atoms with Crippen molar-refractivity contribution in [2.24, 2.45) is 0 Å². The molecule has 7 rings (SSSR count).